The molecule has 2 N–H and O–H groups in total. The van der Waals surface area contributed by atoms with Crippen LogP contribution in [-0.2, 0) is 9.59 Å². The molecule has 1 fully saturated rings. The van der Waals surface area contributed by atoms with Crippen LogP contribution in [-0.4, -0.2) is 11.8 Å². The summed E-state index contributed by atoms with van der Waals surface area (Å²) in [7, 11) is 0. The first-order valence-corrected chi connectivity index (χ1v) is 7.83. The third-order valence-corrected chi connectivity index (χ3v) is 4.37. The van der Waals surface area contributed by atoms with Crippen molar-refractivity contribution in [2.45, 2.75) is 19.8 Å². The zero-order valence-corrected chi connectivity index (χ0v) is 13.5. The Balaban J connectivity index is 1.71. The highest BCUT2D eigenvalue weighted by Crippen LogP contribution is 2.47. The summed E-state index contributed by atoms with van der Waals surface area (Å²) in [6.45, 7) is 1.92. The van der Waals surface area contributed by atoms with Gasteiger partial charge in [0.1, 0.15) is 5.41 Å². The van der Waals surface area contributed by atoms with Crippen LogP contribution in [0.25, 0.3) is 0 Å². The van der Waals surface area contributed by atoms with Crippen LogP contribution in [0.1, 0.15) is 18.4 Å². The molecule has 2 aromatic rings. The van der Waals surface area contributed by atoms with Crippen LogP contribution in [0.15, 0.2) is 48.5 Å². The normalized spacial score (nSPS) is 14.9. The summed E-state index contributed by atoms with van der Waals surface area (Å²) in [6, 6.07) is 14.4. The maximum atomic E-state index is 12.5. The molecule has 0 bridgehead atoms. The minimum Gasteiger partial charge on any atom is -0.325 e. The van der Waals surface area contributed by atoms with Gasteiger partial charge in [-0.3, -0.25) is 9.59 Å². The second kappa shape index (κ2) is 6.05. The first-order valence-electron chi connectivity index (χ1n) is 7.45. The molecule has 0 spiro atoms. The van der Waals surface area contributed by atoms with Crippen molar-refractivity contribution in [1.29, 1.82) is 0 Å². The number of nitrogens with one attached hydrogen (secondary N) is 2. The first-order chi connectivity index (χ1) is 11.0. The fourth-order valence-electron chi connectivity index (χ4n) is 2.42. The Bertz CT molecular complexity index is 752. The van der Waals surface area contributed by atoms with E-state index in [1.807, 2.05) is 31.2 Å². The Morgan fingerprint density at radius 2 is 1.57 bits per heavy atom. The van der Waals surface area contributed by atoms with E-state index >= 15 is 0 Å². The van der Waals surface area contributed by atoms with Gasteiger partial charge in [0.2, 0.25) is 11.8 Å². The Morgan fingerprint density at radius 3 is 2.17 bits per heavy atom. The summed E-state index contributed by atoms with van der Waals surface area (Å²) >= 11 is 5.83. The van der Waals surface area contributed by atoms with E-state index in [0.29, 0.717) is 23.6 Å². The number of para-hydroxylation sites is 1. The fraction of sp³-hybridized carbons (Fsp3) is 0.222. The van der Waals surface area contributed by atoms with E-state index in [9.17, 15) is 9.59 Å². The molecular formula is C18H17ClN2O2. The van der Waals surface area contributed by atoms with Crippen LogP contribution in [0.5, 0.6) is 0 Å². The van der Waals surface area contributed by atoms with Gasteiger partial charge in [-0.2, -0.15) is 0 Å². The van der Waals surface area contributed by atoms with Crippen molar-refractivity contribution in [2.24, 2.45) is 5.41 Å². The van der Waals surface area contributed by atoms with Crippen LogP contribution >= 0.6 is 11.6 Å². The highest BCUT2D eigenvalue weighted by Gasteiger charge is 2.56. The molecule has 5 heteroatoms. The third kappa shape index (κ3) is 3.22. The van der Waals surface area contributed by atoms with Crippen molar-refractivity contribution in [3.05, 3.63) is 59.1 Å². The lowest BCUT2D eigenvalue weighted by Gasteiger charge is -2.16. The molecule has 4 nitrogen and oxygen atoms in total. The van der Waals surface area contributed by atoms with Gasteiger partial charge in [0.05, 0.1) is 0 Å². The summed E-state index contributed by atoms with van der Waals surface area (Å²) in [5.41, 5.74) is 1.37. The zero-order chi connectivity index (χ0) is 16.4. The third-order valence-electron chi connectivity index (χ3n) is 4.11. The Morgan fingerprint density at radius 1 is 0.957 bits per heavy atom. The number of hydrogen-bond donors (Lipinski definition) is 2. The predicted octanol–water partition coefficient (Wildman–Crippen LogP) is 4.01. The second-order valence-corrected chi connectivity index (χ2v) is 6.25. The van der Waals surface area contributed by atoms with Crippen molar-refractivity contribution in [1.82, 2.24) is 0 Å². The monoisotopic (exact) mass is 328 g/mol. The molecule has 1 aliphatic rings. The molecule has 1 aliphatic carbocycles. The quantitative estimate of drug-likeness (QED) is 0.833. The van der Waals surface area contributed by atoms with Gasteiger partial charge in [-0.1, -0.05) is 29.8 Å². The van der Waals surface area contributed by atoms with Gasteiger partial charge in [-0.05, 0) is 55.7 Å². The lowest BCUT2D eigenvalue weighted by molar-refractivity contribution is -0.131. The van der Waals surface area contributed by atoms with Crippen molar-refractivity contribution >= 4 is 34.8 Å². The molecule has 0 unspecified atom stereocenters. The Hall–Kier alpha value is -2.33. The first kappa shape index (κ1) is 15.6. The van der Waals surface area contributed by atoms with Crippen LogP contribution in [0, 0.1) is 12.3 Å². The molecule has 2 amide bonds. The SMILES string of the molecule is Cc1ccccc1NC(=O)C1(C(=O)Nc2ccc(Cl)cc2)CC1. The summed E-state index contributed by atoms with van der Waals surface area (Å²) in [5.74, 6) is -0.524. The predicted molar refractivity (Wildman–Crippen MR) is 91.6 cm³/mol. The van der Waals surface area contributed by atoms with Crippen LogP contribution in [0.3, 0.4) is 0 Å². The van der Waals surface area contributed by atoms with Crippen LogP contribution < -0.4 is 10.6 Å². The van der Waals surface area contributed by atoms with Crippen LogP contribution in [0.4, 0.5) is 11.4 Å². The highest BCUT2D eigenvalue weighted by molar-refractivity contribution is 6.30. The van der Waals surface area contributed by atoms with Gasteiger partial charge in [0, 0.05) is 16.4 Å². The average Bonchev–Trinajstić information content (AvgIpc) is 3.34. The lowest BCUT2D eigenvalue weighted by atomic mass is 10.0. The van der Waals surface area contributed by atoms with Gasteiger partial charge in [-0.25, -0.2) is 0 Å². The van der Waals surface area contributed by atoms with E-state index in [0.717, 1.165) is 11.3 Å². The van der Waals surface area contributed by atoms with E-state index in [1.54, 1.807) is 24.3 Å². The smallest absolute Gasteiger partial charge is 0.240 e. The van der Waals surface area contributed by atoms with E-state index in [-0.39, 0.29) is 11.8 Å². The molecule has 0 saturated heterocycles. The minimum absolute atomic E-state index is 0.252. The summed E-state index contributed by atoms with van der Waals surface area (Å²) in [5, 5.41) is 6.26. The summed E-state index contributed by atoms with van der Waals surface area (Å²) in [4.78, 5) is 25.0. The molecule has 0 radical (unpaired) electrons. The molecule has 0 atom stereocenters. The highest BCUT2D eigenvalue weighted by atomic mass is 35.5. The second-order valence-electron chi connectivity index (χ2n) is 5.81. The number of carbonyl (C=O) groups excluding carboxylic acids is 2. The lowest BCUT2D eigenvalue weighted by Crippen LogP contribution is -2.35. The molecule has 23 heavy (non-hydrogen) atoms. The van der Waals surface area contributed by atoms with Crippen molar-refractivity contribution in [3.63, 3.8) is 0 Å². The minimum atomic E-state index is -0.970. The number of amides is 2. The molecule has 3 rings (SSSR count). The van der Waals surface area contributed by atoms with Gasteiger partial charge >= 0.3 is 0 Å². The Kier molecular flexibility index (Phi) is 4.09. The van der Waals surface area contributed by atoms with Gasteiger partial charge < -0.3 is 10.6 Å². The Labute approximate surface area is 139 Å². The fourth-order valence-corrected chi connectivity index (χ4v) is 2.55. The average molecular weight is 329 g/mol. The van der Waals surface area contributed by atoms with E-state index in [4.69, 9.17) is 11.6 Å². The number of aryl methyl sites for hydroxylation is 1. The maximum absolute atomic E-state index is 12.5. The molecule has 0 heterocycles. The number of rotatable bonds is 4. The van der Waals surface area contributed by atoms with E-state index < -0.39 is 5.41 Å². The molecule has 0 aromatic heterocycles. The van der Waals surface area contributed by atoms with Crippen LogP contribution in [0.2, 0.25) is 5.02 Å². The van der Waals surface area contributed by atoms with Gasteiger partial charge in [0.15, 0.2) is 0 Å². The molecule has 0 aliphatic heterocycles. The van der Waals surface area contributed by atoms with Crippen molar-refractivity contribution in [2.75, 3.05) is 10.6 Å². The van der Waals surface area contributed by atoms with Crippen molar-refractivity contribution < 1.29 is 9.59 Å². The molecule has 2 aromatic carbocycles. The number of halogens is 1. The summed E-state index contributed by atoms with van der Waals surface area (Å²) < 4.78 is 0. The number of hydrogen-bond acceptors (Lipinski definition) is 2. The van der Waals surface area contributed by atoms with E-state index in [1.165, 1.54) is 0 Å². The largest absolute Gasteiger partial charge is 0.325 e. The standard InChI is InChI=1S/C18H17ClN2O2/c1-12-4-2-3-5-15(12)21-17(23)18(10-11-18)16(22)20-14-8-6-13(19)7-9-14/h2-9H,10-11H2,1H3,(H,20,22)(H,21,23). The zero-order valence-electron chi connectivity index (χ0n) is 12.7. The molecule has 1 saturated carbocycles. The maximum Gasteiger partial charge on any atom is 0.240 e. The molecule has 118 valence electrons. The van der Waals surface area contributed by atoms with Gasteiger partial charge in [-0.15, -0.1) is 0 Å². The molecular weight excluding hydrogens is 312 g/mol. The topological polar surface area (TPSA) is 58.2 Å². The number of anilines is 2. The number of carbonyl (C=O) groups is 2. The number of benzene rings is 2. The van der Waals surface area contributed by atoms with E-state index in [2.05, 4.69) is 10.6 Å². The summed E-state index contributed by atoms with van der Waals surface area (Å²) in [6.07, 6.45) is 1.12. The van der Waals surface area contributed by atoms with Gasteiger partial charge in [0.25, 0.3) is 0 Å². The van der Waals surface area contributed by atoms with Crippen molar-refractivity contribution in [3.8, 4) is 0 Å².